The predicted octanol–water partition coefficient (Wildman–Crippen LogP) is -0.165. The van der Waals surface area contributed by atoms with Crippen LogP contribution in [0.1, 0.15) is 0 Å². The highest BCUT2D eigenvalue weighted by atomic mass is 16.5. The first-order valence-electron chi connectivity index (χ1n) is 6.84. The van der Waals surface area contributed by atoms with Gasteiger partial charge in [-0.05, 0) is 6.07 Å². The lowest BCUT2D eigenvalue weighted by Gasteiger charge is -2.34. The van der Waals surface area contributed by atoms with E-state index in [9.17, 15) is 0 Å². The van der Waals surface area contributed by atoms with Crippen LogP contribution in [-0.2, 0) is 4.74 Å². The molecular weight excluding hydrogens is 242 g/mol. The van der Waals surface area contributed by atoms with Crippen molar-refractivity contribution in [1.29, 1.82) is 0 Å². The molecule has 1 fully saturated rings. The van der Waals surface area contributed by atoms with E-state index in [0.717, 1.165) is 58.4 Å². The van der Waals surface area contributed by atoms with Crippen molar-refractivity contribution in [3.63, 3.8) is 0 Å². The van der Waals surface area contributed by atoms with E-state index in [2.05, 4.69) is 25.1 Å². The van der Waals surface area contributed by atoms with Gasteiger partial charge < -0.3 is 15.0 Å². The summed E-state index contributed by atoms with van der Waals surface area (Å²) in [6.07, 6.45) is 3.60. The van der Waals surface area contributed by atoms with Gasteiger partial charge in [-0.15, -0.1) is 0 Å². The number of hydrogen-bond acceptors (Lipinski definition) is 6. The lowest BCUT2D eigenvalue weighted by Crippen LogP contribution is -2.48. The number of hydrogen-bond donors (Lipinski definition) is 1. The molecule has 0 saturated carbocycles. The summed E-state index contributed by atoms with van der Waals surface area (Å²) in [4.78, 5) is 13.3. The third kappa shape index (κ3) is 4.74. The fourth-order valence-electron chi connectivity index (χ4n) is 2.16. The minimum absolute atomic E-state index is 0.777. The van der Waals surface area contributed by atoms with Crippen molar-refractivity contribution in [3.05, 3.63) is 18.5 Å². The fraction of sp³-hybridized carbons (Fsp3) is 0.692. The smallest absolute Gasteiger partial charge is 0.225 e. The van der Waals surface area contributed by atoms with Gasteiger partial charge in [0.2, 0.25) is 5.95 Å². The lowest BCUT2D eigenvalue weighted by atomic mass is 10.3. The molecule has 6 nitrogen and oxygen atoms in total. The van der Waals surface area contributed by atoms with Crippen LogP contribution in [0.3, 0.4) is 0 Å². The summed E-state index contributed by atoms with van der Waals surface area (Å²) >= 11 is 0. The molecule has 1 aliphatic rings. The Balaban J connectivity index is 1.63. The van der Waals surface area contributed by atoms with Gasteiger partial charge >= 0.3 is 0 Å². The van der Waals surface area contributed by atoms with Crippen LogP contribution in [-0.4, -0.2) is 74.4 Å². The Bertz CT molecular complexity index is 340. The SMILES string of the molecule is COCCNCCN1CCN(c2ncccn2)CC1. The first kappa shape index (κ1) is 14.2. The first-order valence-corrected chi connectivity index (χ1v) is 6.84. The Morgan fingerprint density at radius 2 is 1.89 bits per heavy atom. The second-order valence-electron chi connectivity index (χ2n) is 4.62. The Morgan fingerprint density at radius 3 is 2.58 bits per heavy atom. The molecule has 1 aliphatic heterocycles. The average Bonchev–Trinajstić information content (AvgIpc) is 2.49. The summed E-state index contributed by atoms with van der Waals surface area (Å²) in [5.41, 5.74) is 0. The molecule has 2 heterocycles. The highest BCUT2D eigenvalue weighted by Crippen LogP contribution is 2.08. The third-order valence-electron chi connectivity index (χ3n) is 3.30. The number of nitrogens with one attached hydrogen (secondary N) is 1. The molecular formula is C13H23N5O. The van der Waals surface area contributed by atoms with E-state index >= 15 is 0 Å². The summed E-state index contributed by atoms with van der Waals surface area (Å²) in [5, 5.41) is 3.37. The van der Waals surface area contributed by atoms with Gasteiger partial charge in [0.25, 0.3) is 0 Å². The van der Waals surface area contributed by atoms with Crippen molar-refractivity contribution >= 4 is 5.95 Å². The average molecular weight is 265 g/mol. The molecule has 1 N–H and O–H groups in total. The lowest BCUT2D eigenvalue weighted by molar-refractivity contribution is 0.195. The van der Waals surface area contributed by atoms with Crippen LogP contribution in [0.5, 0.6) is 0 Å². The molecule has 0 unspecified atom stereocenters. The number of anilines is 1. The Hall–Kier alpha value is -1.24. The van der Waals surface area contributed by atoms with Gasteiger partial charge in [-0.2, -0.15) is 0 Å². The number of nitrogens with zero attached hydrogens (tertiary/aromatic N) is 4. The van der Waals surface area contributed by atoms with Crippen LogP contribution in [0.25, 0.3) is 0 Å². The van der Waals surface area contributed by atoms with E-state index in [1.54, 1.807) is 19.5 Å². The summed E-state index contributed by atoms with van der Waals surface area (Å²) in [5.74, 6) is 0.848. The quantitative estimate of drug-likeness (QED) is 0.691. The predicted molar refractivity (Wildman–Crippen MR) is 75.4 cm³/mol. The van der Waals surface area contributed by atoms with Crippen molar-refractivity contribution < 1.29 is 4.74 Å². The molecule has 0 aromatic carbocycles. The van der Waals surface area contributed by atoms with Gasteiger partial charge in [0.15, 0.2) is 0 Å². The maximum Gasteiger partial charge on any atom is 0.225 e. The van der Waals surface area contributed by atoms with E-state index in [-0.39, 0.29) is 0 Å². The number of rotatable bonds is 7. The molecule has 0 radical (unpaired) electrons. The van der Waals surface area contributed by atoms with Crippen LogP contribution in [0.4, 0.5) is 5.95 Å². The van der Waals surface area contributed by atoms with E-state index in [0.29, 0.717) is 0 Å². The molecule has 0 aliphatic carbocycles. The molecule has 1 aromatic heterocycles. The summed E-state index contributed by atoms with van der Waals surface area (Å²) < 4.78 is 5.00. The minimum atomic E-state index is 0.777. The normalized spacial score (nSPS) is 16.8. The van der Waals surface area contributed by atoms with Crippen LogP contribution >= 0.6 is 0 Å². The first-order chi connectivity index (χ1) is 9.40. The number of aromatic nitrogens is 2. The van der Waals surface area contributed by atoms with Crippen molar-refractivity contribution in [2.24, 2.45) is 0 Å². The van der Waals surface area contributed by atoms with Gasteiger partial charge in [-0.25, -0.2) is 9.97 Å². The Labute approximate surface area is 114 Å². The largest absolute Gasteiger partial charge is 0.383 e. The zero-order valence-corrected chi connectivity index (χ0v) is 11.6. The molecule has 6 heteroatoms. The van der Waals surface area contributed by atoms with Crippen LogP contribution in [0.2, 0.25) is 0 Å². The summed E-state index contributed by atoms with van der Waals surface area (Å²) in [6, 6.07) is 1.85. The molecule has 2 rings (SSSR count). The monoisotopic (exact) mass is 265 g/mol. The van der Waals surface area contributed by atoms with Crippen molar-refractivity contribution in [3.8, 4) is 0 Å². The van der Waals surface area contributed by atoms with Crippen LogP contribution < -0.4 is 10.2 Å². The molecule has 0 bridgehead atoms. The van der Waals surface area contributed by atoms with Gasteiger partial charge in [-0.1, -0.05) is 0 Å². The van der Waals surface area contributed by atoms with Gasteiger partial charge in [0.1, 0.15) is 0 Å². The molecule has 0 spiro atoms. The van der Waals surface area contributed by atoms with E-state index < -0.39 is 0 Å². The van der Waals surface area contributed by atoms with Crippen molar-refractivity contribution in [2.45, 2.75) is 0 Å². The summed E-state index contributed by atoms with van der Waals surface area (Å²) in [6.45, 7) is 7.96. The molecule has 1 aromatic rings. The number of ether oxygens (including phenoxy) is 1. The second-order valence-corrected chi connectivity index (χ2v) is 4.62. The molecule has 0 amide bonds. The standard InChI is InChI=1S/C13H23N5O/c1-19-12-6-14-5-7-17-8-10-18(11-9-17)13-15-3-2-4-16-13/h2-4,14H,5-12H2,1H3. The van der Waals surface area contributed by atoms with Crippen LogP contribution in [0, 0.1) is 0 Å². The van der Waals surface area contributed by atoms with Gasteiger partial charge in [0, 0.05) is 65.3 Å². The third-order valence-corrected chi connectivity index (χ3v) is 3.30. The Kier molecular flexibility index (Phi) is 6.00. The van der Waals surface area contributed by atoms with Crippen LogP contribution in [0.15, 0.2) is 18.5 Å². The molecule has 1 saturated heterocycles. The maximum absolute atomic E-state index is 5.00. The summed E-state index contributed by atoms with van der Waals surface area (Å²) in [7, 11) is 1.73. The highest BCUT2D eigenvalue weighted by Gasteiger charge is 2.17. The van der Waals surface area contributed by atoms with Gasteiger partial charge in [0.05, 0.1) is 6.61 Å². The molecule has 106 valence electrons. The van der Waals surface area contributed by atoms with E-state index in [1.165, 1.54) is 0 Å². The Morgan fingerprint density at radius 1 is 1.16 bits per heavy atom. The van der Waals surface area contributed by atoms with Crippen molar-refractivity contribution in [1.82, 2.24) is 20.2 Å². The minimum Gasteiger partial charge on any atom is -0.383 e. The maximum atomic E-state index is 5.00. The number of piperazine rings is 1. The molecule has 0 atom stereocenters. The zero-order valence-electron chi connectivity index (χ0n) is 11.6. The zero-order chi connectivity index (χ0) is 13.3. The van der Waals surface area contributed by atoms with E-state index in [1.807, 2.05) is 6.07 Å². The number of methoxy groups -OCH3 is 1. The molecule has 19 heavy (non-hydrogen) atoms. The second kappa shape index (κ2) is 8.04. The van der Waals surface area contributed by atoms with Gasteiger partial charge in [-0.3, -0.25) is 4.90 Å². The highest BCUT2D eigenvalue weighted by molar-refractivity contribution is 5.29. The van der Waals surface area contributed by atoms with Crippen molar-refractivity contribution in [2.75, 3.05) is 64.4 Å². The topological polar surface area (TPSA) is 53.5 Å². The fourth-order valence-corrected chi connectivity index (χ4v) is 2.16. The van der Waals surface area contributed by atoms with E-state index in [4.69, 9.17) is 4.74 Å².